The maximum atomic E-state index is 12.9. The van der Waals surface area contributed by atoms with Gasteiger partial charge >= 0.3 is 11.9 Å². The number of ether oxygens (including phenoxy) is 2. The van der Waals surface area contributed by atoms with E-state index in [1.165, 1.54) is 225 Å². The van der Waals surface area contributed by atoms with E-state index in [1.807, 2.05) is 21.1 Å². The molecule has 0 saturated heterocycles. The van der Waals surface area contributed by atoms with Crippen molar-refractivity contribution >= 4 is 19.8 Å². The number of carbonyl (C=O) groups excluding carboxylic acids is 2. The van der Waals surface area contributed by atoms with Crippen LogP contribution in [0, 0.1) is 0 Å². The lowest BCUT2D eigenvalue weighted by molar-refractivity contribution is -0.870. The number of quaternary nitrogens is 1. The van der Waals surface area contributed by atoms with Crippen molar-refractivity contribution in [1.82, 2.24) is 0 Å². The van der Waals surface area contributed by atoms with E-state index in [2.05, 4.69) is 148 Å². The Morgan fingerprint density at radius 2 is 0.582 bits per heavy atom. The van der Waals surface area contributed by atoms with E-state index in [9.17, 15) is 19.0 Å². The van der Waals surface area contributed by atoms with E-state index >= 15 is 0 Å². The minimum absolute atomic E-state index is 0.0346. The SMILES string of the molecule is CC/C=C\C/C=C\C/C=C\C/C=C\C/C=C\C/C=C\C/C=C\C/C=C\CCCCCCCCCCCCCCC(=O)OC(COC(=O)CCCCCCCCCCCCCCCCCCCCCCCC/C=C\C/C=C\C/C=C\CCCCCCC)COP(=O)([O-])OCC[N+](C)(C)C. The third-order valence-corrected chi connectivity index (χ3v) is 18.6. The summed E-state index contributed by atoms with van der Waals surface area (Å²) in [5.74, 6) is -0.827. The van der Waals surface area contributed by atoms with Crippen molar-refractivity contribution in [3.63, 3.8) is 0 Å². The summed E-state index contributed by atoms with van der Waals surface area (Å²) in [6, 6.07) is 0. The first kappa shape index (κ1) is 94.2. The first-order valence-corrected chi connectivity index (χ1v) is 42.4. The monoisotopic (exact) mass is 1380 g/mol. The third-order valence-electron chi connectivity index (χ3n) is 17.7. The van der Waals surface area contributed by atoms with Crippen LogP contribution in [0.1, 0.15) is 361 Å². The summed E-state index contributed by atoms with van der Waals surface area (Å²) in [5.41, 5.74) is 0. The van der Waals surface area contributed by atoms with Gasteiger partial charge < -0.3 is 27.9 Å². The summed E-state index contributed by atoms with van der Waals surface area (Å²) in [7, 11) is 1.17. The number of rotatable bonds is 75. The second-order valence-electron chi connectivity index (χ2n) is 28.4. The van der Waals surface area contributed by atoms with Crippen LogP contribution in [0.5, 0.6) is 0 Å². The van der Waals surface area contributed by atoms with Gasteiger partial charge in [-0.3, -0.25) is 14.2 Å². The summed E-state index contributed by atoms with van der Waals surface area (Å²) >= 11 is 0. The van der Waals surface area contributed by atoms with Crippen LogP contribution in [0.25, 0.3) is 0 Å². The normalized spacial score (nSPS) is 13.7. The van der Waals surface area contributed by atoms with Crippen molar-refractivity contribution < 1.29 is 42.1 Å². The van der Waals surface area contributed by atoms with Crippen molar-refractivity contribution in [2.75, 3.05) is 47.5 Å². The zero-order chi connectivity index (χ0) is 71.1. The van der Waals surface area contributed by atoms with Crippen LogP contribution in [0.3, 0.4) is 0 Å². The molecule has 564 valence electrons. The van der Waals surface area contributed by atoms with Gasteiger partial charge in [0, 0.05) is 12.8 Å². The lowest BCUT2D eigenvalue weighted by Crippen LogP contribution is -2.37. The van der Waals surface area contributed by atoms with Gasteiger partial charge in [0.1, 0.15) is 19.8 Å². The number of allylic oxidation sites excluding steroid dienone is 22. The van der Waals surface area contributed by atoms with Crippen molar-refractivity contribution in [3.8, 4) is 0 Å². The van der Waals surface area contributed by atoms with Gasteiger partial charge in [0.25, 0.3) is 7.82 Å². The van der Waals surface area contributed by atoms with Gasteiger partial charge in [-0.1, -0.05) is 366 Å². The molecule has 0 amide bonds. The molecule has 0 aromatic rings. The second kappa shape index (κ2) is 77.3. The molecule has 0 N–H and O–H groups in total. The fraction of sp³-hybridized carbons (Fsp3) is 0.727. The molecule has 0 fully saturated rings. The molecule has 0 saturated carbocycles. The number of phosphoric acid groups is 1. The van der Waals surface area contributed by atoms with E-state index in [4.69, 9.17) is 18.5 Å². The lowest BCUT2D eigenvalue weighted by Gasteiger charge is -2.28. The minimum atomic E-state index is -4.65. The molecular weight excluding hydrogens is 1230 g/mol. The highest BCUT2D eigenvalue weighted by Crippen LogP contribution is 2.38. The van der Waals surface area contributed by atoms with Crippen LogP contribution in [-0.2, 0) is 32.7 Å². The van der Waals surface area contributed by atoms with E-state index in [-0.39, 0.29) is 32.0 Å². The van der Waals surface area contributed by atoms with Crippen molar-refractivity contribution in [1.29, 1.82) is 0 Å². The Labute approximate surface area is 606 Å². The van der Waals surface area contributed by atoms with Crippen molar-refractivity contribution in [3.05, 3.63) is 134 Å². The number of carbonyl (C=O) groups is 2. The Morgan fingerprint density at radius 1 is 0.327 bits per heavy atom. The number of unbranched alkanes of at least 4 members (excludes halogenated alkanes) is 39. The van der Waals surface area contributed by atoms with E-state index in [0.29, 0.717) is 17.4 Å². The van der Waals surface area contributed by atoms with E-state index < -0.39 is 26.5 Å². The molecule has 0 aromatic heterocycles. The van der Waals surface area contributed by atoms with Gasteiger partial charge in [-0.2, -0.15) is 0 Å². The molecule has 0 aromatic carbocycles. The third kappa shape index (κ3) is 81.1. The number of esters is 2. The van der Waals surface area contributed by atoms with E-state index in [0.717, 1.165) is 103 Å². The summed E-state index contributed by atoms with van der Waals surface area (Å²) in [4.78, 5) is 38.2. The van der Waals surface area contributed by atoms with Gasteiger partial charge in [-0.15, -0.1) is 0 Å². The summed E-state index contributed by atoms with van der Waals surface area (Å²) in [6.45, 7) is 4.15. The Morgan fingerprint density at radius 3 is 0.867 bits per heavy atom. The molecule has 0 rings (SSSR count). The molecule has 10 heteroatoms. The molecule has 0 spiro atoms. The van der Waals surface area contributed by atoms with Gasteiger partial charge in [0.2, 0.25) is 0 Å². The quantitative estimate of drug-likeness (QED) is 0.0195. The summed E-state index contributed by atoms with van der Waals surface area (Å²) in [5, 5.41) is 0. The lowest BCUT2D eigenvalue weighted by atomic mass is 10.0. The van der Waals surface area contributed by atoms with Crippen LogP contribution in [-0.4, -0.2) is 70.0 Å². The van der Waals surface area contributed by atoms with Gasteiger partial charge in [-0.05, 0) is 116 Å². The average Bonchev–Trinajstić information content (AvgIpc) is 1.08. The Balaban J connectivity index is 3.98. The molecule has 0 aliphatic carbocycles. The van der Waals surface area contributed by atoms with Gasteiger partial charge in [0.15, 0.2) is 6.10 Å². The fourth-order valence-corrected chi connectivity index (χ4v) is 12.2. The fourth-order valence-electron chi connectivity index (χ4n) is 11.4. The van der Waals surface area contributed by atoms with E-state index in [1.54, 1.807) is 0 Å². The molecule has 2 atom stereocenters. The number of phosphoric ester groups is 1. The van der Waals surface area contributed by atoms with Gasteiger partial charge in [-0.25, -0.2) is 0 Å². The molecule has 0 heterocycles. The first-order chi connectivity index (χ1) is 48.0. The Hall–Kier alpha value is -3.85. The Kier molecular flexibility index (Phi) is 74.3. The topological polar surface area (TPSA) is 111 Å². The molecular formula is C88H154NO8P. The van der Waals surface area contributed by atoms with Gasteiger partial charge in [0.05, 0.1) is 27.7 Å². The maximum Gasteiger partial charge on any atom is 0.306 e. The van der Waals surface area contributed by atoms with Crippen molar-refractivity contribution in [2.24, 2.45) is 0 Å². The predicted octanol–water partition coefficient (Wildman–Crippen LogP) is 26.9. The van der Waals surface area contributed by atoms with Crippen LogP contribution in [0.2, 0.25) is 0 Å². The molecule has 0 aliphatic heterocycles. The molecule has 9 nitrogen and oxygen atoms in total. The highest BCUT2D eigenvalue weighted by atomic mass is 31.2. The largest absolute Gasteiger partial charge is 0.756 e. The molecule has 0 radical (unpaired) electrons. The minimum Gasteiger partial charge on any atom is -0.756 e. The molecule has 98 heavy (non-hydrogen) atoms. The average molecular weight is 1390 g/mol. The highest BCUT2D eigenvalue weighted by molar-refractivity contribution is 7.45. The smallest absolute Gasteiger partial charge is 0.306 e. The number of likely N-dealkylation sites (N-methyl/N-ethyl adjacent to an activating group) is 1. The number of nitrogens with zero attached hydrogens (tertiary/aromatic N) is 1. The second-order valence-corrected chi connectivity index (χ2v) is 29.8. The van der Waals surface area contributed by atoms with Crippen LogP contribution < -0.4 is 4.89 Å². The first-order valence-electron chi connectivity index (χ1n) is 40.9. The van der Waals surface area contributed by atoms with Crippen LogP contribution in [0.15, 0.2) is 134 Å². The standard InChI is InChI=1S/C88H154NO8P/c1-6-8-10-12-14-16-18-20-22-24-26-28-30-32-34-36-38-40-42-44-46-48-50-52-54-56-58-60-62-64-66-68-70-72-74-76-78-80-87(90)94-84-86(85-96-98(92,93)95-83-82-89(3,4)5)97-88(91)81-79-77-75-73-71-69-67-65-63-61-59-57-55-53-51-49-47-45-43-41-39-37-35-33-31-29-27-25-23-21-19-17-15-13-11-9-7-2/h9,11,15,17-18,20-21,23-24,26-27,29-30,32-33,35,39,41,45,47,51,53,86H,6-8,10,12-14,16,19,22,25,28,31,34,36-38,40,42-44,46,48-50,52,54-85H2,1-5H3/b11-9-,17-15-,20-18-,23-21-,26-24-,29-27-,32-30-,35-33-,41-39-,47-45-,53-51-. The summed E-state index contributed by atoms with van der Waals surface area (Å²) in [6.07, 6.45) is 113. The molecule has 0 bridgehead atoms. The van der Waals surface area contributed by atoms with Crippen molar-refractivity contribution in [2.45, 2.75) is 367 Å². The zero-order valence-corrected chi connectivity index (χ0v) is 65.3. The number of hydrogen-bond donors (Lipinski definition) is 0. The summed E-state index contributed by atoms with van der Waals surface area (Å²) < 4.78 is 34.4. The van der Waals surface area contributed by atoms with Crippen LogP contribution in [0.4, 0.5) is 0 Å². The zero-order valence-electron chi connectivity index (χ0n) is 64.5. The molecule has 0 aliphatic rings. The predicted molar refractivity (Wildman–Crippen MR) is 424 cm³/mol. The Bertz CT molecular complexity index is 2120. The highest BCUT2D eigenvalue weighted by Gasteiger charge is 2.22. The number of hydrogen-bond acceptors (Lipinski definition) is 8. The molecule has 2 unspecified atom stereocenters. The maximum absolute atomic E-state index is 12.9. The van der Waals surface area contributed by atoms with Crippen LogP contribution >= 0.6 is 7.82 Å².